The van der Waals surface area contributed by atoms with E-state index >= 15 is 0 Å². The Morgan fingerprint density at radius 3 is 2.40 bits per heavy atom. The number of carboxylic acids is 1. The fourth-order valence-electron chi connectivity index (χ4n) is 0.816. The van der Waals surface area contributed by atoms with Crippen LogP contribution in [0.15, 0.2) is 0 Å². The molecule has 7 heteroatoms. The minimum atomic E-state index is -1.46. The molecule has 3 unspecified atom stereocenters. The van der Waals surface area contributed by atoms with Crippen molar-refractivity contribution in [3.63, 3.8) is 0 Å². The van der Waals surface area contributed by atoms with Crippen LogP contribution in [0, 0.1) is 0 Å². The van der Waals surface area contributed by atoms with Crippen molar-refractivity contribution in [1.82, 2.24) is 0 Å². The molecule has 0 heterocycles. The molecule has 3 radical (unpaired) electrons. The number of carbonyl (C=O) groups is 1. The first kappa shape index (κ1) is 17.9. The molecule has 0 amide bonds. The number of ether oxygens (including phenoxy) is 2. The van der Waals surface area contributed by atoms with Crippen LogP contribution in [-0.4, -0.2) is 64.4 Å². The maximum Gasteiger partial charge on any atom is 0.343 e. The fraction of sp³-hybridized carbons (Fsp3) is 0.875. The number of rotatable bonds is 7. The summed E-state index contributed by atoms with van der Waals surface area (Å²) in [6.45, 7) is 5.74. The summed E-state index contributed by atoms with van der Waals surface area (Å²) in [5.74, 6) is -1.27. The predicted octanol–water partition coefficient (Wildman–Crippen LogP) is 0.487. The first-order chi connectivity index (χ1) is 6.47. The van der Waals surface area contributed by atoms with Crippen molar-refractivity contribution in [3.8, 4) is 0 Å². The quantitative estimate of drug-likeness (QED) is 0.516. The normalized spacial score (nSPS) is 16.3. The van der Waals surface area contributed by atoms with Crippen molar-refractivity contribution in [2.24, 2.45) is 0 Å². The summed E-state index contributed by atoms with van der Waals surface area (Å²) < 4.78 is 10.3. The van der Waals surface area contributed by atoms with Crippen LogP contribution in [0.1, 0.15) is 20.8 Å². The third kappa shape index (κ3) is 9.45. The Morgan fingerprint density at radius 1 is 1.47 bits per heavy atom. The van der Waals surface area contributed by atoms with Gasteiger partial charge in [-0.15, -0.1) is 0 Å². The van der Waals surface area contributed by atoms with Gasteiger partial charge < -0.3 is 19.7 Å². The second-order valence-corrected chi connectivity index (χ2v) is 3.94. The molecule has 0 aliphatic rings. The molecule has 0 aromatic rings. The summed E-state index contributed by atoms with van der Waals surface area (Å²) in [4.78, 5) is 10.3. The molecule has 3 atom stereocenters. The zero-order valence-electron chi connectivity index (χ0n) is 8.91. The van der Waals surface area contributed by atoms with Crippen molar-refractivity contribution in [1.29, 1.82) is 0 Å². The van der Waals surface area contributed by atoms with E-state index in [4.69, 9.17) is 19.7 Å². The van der Waals surface area contributed by atoms with Crippen LogP contribution in [0.4, 0.5) is 0 Å². The standard InChI is InChI=1S/C8H16O5S.Sb/c1-4-12-5(2)13-6(3)14-8(11)7(9)10;/h5-6,8,11H,4H2,1-3H3,(H,9,10);. The van der Waals surface area contributed by atoms with Crippen LogP contribution in [-0.2, 0) is 14.3 Å². The van der Waals surface area contributed by atoms with Gasteiger partial charge in [-0.1, -0.05) is 11.8 Å². The third-order valence-electron chi connectivity index (χ3n) is 1.32. The van der Waals surface area contributed by atoms with Gasteiger partial charge in [-0.2, -0.15) is 0 Å². The van der Waals surface area contributed by atoms with E-state index in [0.717, 1.165) is 11.8 Å². The third-order valence-corrected chi connectivity index (χ3v) is 2.27. The van der Waals surface area contributed by atoms with Gasteiger partial charge in [0.05, 0.1) is 0 Å². The zero-order valence-corrected chi connectivity index (χ0v) is 12.3. The van der Waals surface area contributed by atoms with E-state index in [2.05, 4.69) is 0 Å². The molecule has 15 heavy (non-hydrogen) atoms. The number of hydrogen-bond acceptors (Lipinski definition) is 5. The maximum absolute atomic E-state index is 10.3. The van der Waals surface area contributed by atoms with E-state index in [9.17, 15) is 4.79 Å². The maximum atomic E-state index is 10.3. The average molecular weight is 346 g/mol. The Balaban J connectivity index is 0. The van der Waals surface area contributed by atoms with E-state index in [1.807, 2.05) is 6.92 Å². The molecule has 0 aliphatic heterocycles. The number of aliphatic hydroxyl groups is 1. The number of thioether (sulfide) groups is 1. The number of aliphatic carboxylic acids is 1. The molecule has 0 aromatic heterocycles. The van der Waals surface area contributed by atoms with Crippen LogP contribution in [0.25, 0.3) is 0 Å². The molecule has 0 aliphatic carbocycles. The van der Waals surface area contributed by atoms with Gasteiger partial charge in [-0.3, -0.25) is 0 Å². The topological polar surface area (TPSA) is 76.0 Å². The smallest absolute Gasteiger partial charge is 0.343 e. The fourth-order valence-corrected chi connectivity index (χ4v) is 1.52. The van der Waals surface area contributed by atoms with Gasteiger partial charge in [0.15, 0.2) is 11.7 Å². The van der Waals surface area contributed by atoms with Crippen LogP contribution >= 0.6 is 11.8 Å². The first-order valence-electron chi connectivity index (χ1n) is 4.30. The van der Waals surface area contributed by atoms with Crippen molar-refractivity contribution >= 4 is 42.2 Å². The molecule has 0 bridgehead atoms. The first-order valence-corrected chi connectivity index (χ1v) is 5.25. The molecular weight excluding hydrogens is 330 g/mol. The van der Waals surface area contributed by atoms with Gasteiger partial charge in [-0.05, 0) is 20.8 Å². The summed E-state index contributed by atoms with van der Waals surface area (Å²) in [7, 11) is 0. The van der Waals surface area contributed by atoms with Gasteiger partial charge in [0.2, 0.25) is 0 Å². The van der Waals surface area contributed by atoms with Gasteiger partial charge >= 0.3 is 5.97 Å². The van der Waals surface area contributed by atoms with Crippen LogP contribution < -0.4 is 0 Å². The summed E-state index contributed by atoms with van der Waals surface area (Å²) in [5, 5.41) is 17.4. The van der Waals surface area contributed by atoms with Crippen molar-refractivity contribution in [2.75, 3.05) is 6.61 Å². The van der Waals surface area contributed by atoms with Gasteiger partial charge in [0.25, 0.3) is 0 Å². The molecule has 0 rings (SSSR count). The monoisotopic (exact) mass is 345 g/mol. The molecule has 2 N–H and O–H groups in total. The second kappa shape index (κ2) is 9.72. The minimum absolute atomic E-state index is 0. The Labute approximate surface area is 111 Å². The van der Waals surface area contributed by atoms with Crippen LogP contribution in [0.3, 0.4) is 0 Å². The van der Waals surface area contributed by atoms with Crippen molar-refractivity contribution < 1.29 is 24.5 Å². The molecule has 0 saturated heterocycles. The molecule has 5 nitrogen and oxygen atoms in total. The zero-order chi connectivity index (χ0) is 11.1. The Morgan fingerprint density at radius 2 is 2.00 bits per heavy atom. The van der Waals surface area contributed by atoms with Gasteiger partial charge in [-0.25, -0.2) is 4.79 Å². The molecule has 0 fully saturated rings. The largest absolute Gasteiger partial charge is 0.479 e. The predicted molar refractivity (Wildman–Crippen MR) is 58.6 cm³/mol. The van der Waals surface area contributed by atoms with E-state index in [-0.39, 0.29) is 24.4 Å². The van der Waals surface area contributed by atoms with E-state index in [1.54, 1.807) is 13.8 Å². The van der Waals surface area contributed by atoms with Crippen LogP contribution in [0.5, 0.6) is 0 Å². The Kier molecular flexibility index (Phi) is 11.6. The van der Waals surface area contributed by atoms with Crippen molar-refractivity contribution in [2.45, 2.75) is 37.9 Å². The van der Waals surface area contributed by atoms with Crippen LogP contribution in [0.2, 0.25) is 0 Å². The summed E-state index contributed by atoms with van der Waals surface area (Å²) in [5.41, 5.74) is -1.89. The molecule has 0 saturated carbocycles. The van der Waals surface area contributed by atoms with Crippen molar-refractivity contribution in [3.05, 3.63) is 0 Å². The summed E-state index contributed by atoms with van der Waals surface area (Å²) in [6.07, 6.45) is -0.400. The van der Waals surface area contributed by atoms with Gasteiger partial charge in [0.1, 0.15) is 5.44 Å². The average Bonchev–Trinajstić information content (AvgIpc) is 2.03. The number of aliphatic hydroxyl groups excluding tert-OH is 1. The minimum Gasteiger partial charge on any atom is -0.479 e. The van der Waals surface area contributed by atoms with E-state index in [0.29, 0.717) is 6.61 Å². The molecule has 0 aromatic carbocycles. The Hall–Kier alpha value is 0.518. The van der Waals surface area contributed by atoms with Gasteiger partial charge in [0, 0.05) is 31.0 Å². The summed E-state index contributed by atoms with van der Waals surface area (Å²) >= 11 is 0.816. The molecule has 0 spiro atoms. The second-order valence-electron chi connectivity index (χ2n) is 2.55. The Bertz CT molecular complexity index is 180. The molecular formula is C8H16O5SSb. The SMILES string of the molecule is CCOC(C)OC(C)SC(O)C(=O)O.[Sb]. The number of carboxylic acid groups (broad SMARTS) is 1. The van der Waals surface area contributed by atoms with E-state index < -0.39 is 23.1 Å². The summed E-state index contributed by atoms with van der Waals surface area (Å²) in [6, 6.07) is 0. The molecule has 89 valence electrons. The van der Waals surface area contributed by atoms with E-state index in [1.165, 1.54) is 0 Å². The number of hydrogen-bond donors (Lipinski definition) is 2.